The largest absolute Gasteiger partial charge is 0.490 e. The van der Waals surface area contributed by atoms with E-state index in [-0.39, 0.29) is 0 Å². The zero-order valence-corrected chi connectivity index (χ0v) is 11.8. The number of para-hydroxylation sites is 1. The minimum Gasteiger partial charge on any atom is -0.490 e. The zero-order valence-electron chi connectivity index (χ0n) is 11.0. The first kappa shape index (κ1) is 15.3. The van der Waals surface area contributed by atoms with Crippen molar-refractivity contribution in [2.24, 2.45) is 0 Å². The molecule has 0 aliphatic heterocycles. The molecule has 0 amide bonds. The van der Waals surface area contributed by atoms with Crippen LogP contribution in [0.4, 0.5) is 0 Å². The first-order valence-corrected chi connectivity index (χ1v) is 6.99. The third kappa shape index (κ3) is 6.84. The van der Waals surface area contributed by atoms with E-state index in [0.717, 1.165) is 18.9 Å². The summed E-state index contributed by atoms with van der Waals surface area (Å²) in [5.41, 5.74) is 0. The number of rotatable bonds is 10. The molecule has 18 heavy (non-hydrogen) atoms. The Morgan fingerprint density at radius 2 is 1.94 bits per heavy atom. The summed E-state index contributed by atoms with van der Waals surface area (Å²) in [5, 5.41) is 2.93. The summed E-state index contributed by atoms with van der Waals surface area (Å²) < 4.78 is 11.0. The summed E-state index contributed by atoms with van der Waals surface area (Å²) in [6.45, 7) is 6.33. The van der Waals surface area contributed by atoms with E-state index in [1.165, 1.54) is 19.4 Å². The van der Waals surface area contributed by atoms with Gasteiger partial charge in [-0.05, 0) is 18.6 Å². The van der Waals surface area contributed by atoms with Crippen LogP contribution in [0.3, 0.4) is 0 Å². The minimum absolute atomic E-state index is 0.540. The van der Waals surface area contributed by atoms with Crippen molar-refractivity contribution >= 4 is 11.6 Å². The Hall–Kier alpha value is -0.770. The SMILES string of the molecule is CCCC[NH2+]CCOCCOc1ccccc1Cl. The van der Waals surface area contributed by atoms with Crippen LogP contribution >= 0.6 is 11.6 Å². The van der Waals surface area contributed by atoms with E-state index in [0.29, 0.717) is 18.2 Å². The lowest BCUT2D eigenvalue weighted by molar-refractivity contribution is -0.656. The molecule has 0 bridgehead atoms. The number of nitrogens with two attached hydrogens (primary N) is 1. The molecule has 3 nitrogen and oxygen atoms in total. The van der Waals surface area contributed by atoms with Crippen LogP contribution in [0, 0.1) is 0 Å². The molecule has 0 aromatic heterocycles. The van der Waals surface area contributed by atoms with Crippen molar-refractivity contribution in [1.82, 2.24) is 0 Å². The molecule has 0 fully saturated rings. The van der Waals surface area contributed by atoms with E-state index >= 15 is 0 Å². The maximum atomic E-state index is 5.96. The van der Waals surface area contributed by atoms with Gasteiger partial charge < -0.3 is 14.8 Å². The molecule has 2 N–H and O–H groups in total. The summed E-state index contributed by atoms with van der Waals surface area (Å²) in [5.74, 6) is 0.720. The Kier molecular flexibility index (Phi) is 8.65. The highest BCUT2D eigenvalue weighted by Gasteiger charge is 1.99. The quantitative estimate of drug-likeness (QED) is 0.662. The van der Waals surface area contributed by atoms with Crippen LogP contribution in [0.1, 0.15) is 19.8 Å². The molecular formula is C14H23ClNO2+. The Balaban J connectivity index is 1.94. The van der Waals surface area contributed by atoms with Gasteiger partial charge in [-0.1, -0.05) is 37.1 Å². The van der Waals surface area contributed by atoms with Gasteiger partial charge in [-0.25, -0.2) is 0 Å². The van der Waals surface area contributed by atoms with Crippen LogP contribution in [0.5, 0.6) is 5.75 Å². The summed E-state index contributed by atoms with van der Waals surface area (Å²) in [6, 6.07) is 7.48. The molecule has 0 saturated carbocycles. The molecule has 1 aromatic carbocycles. The van der Waals surface area contributed by atoms with Gasteiger partial charge in [0.2, 0.25) is 0 Å². The van der Waals surface area contributed by atoms with Crippen LogP contribution in [0.25, 0.3) is 0 Å². The standard InChI is InChI=1S/C14H22ClNO2/c1-2-3-8-16-9-10-17-11-12-18-14-7-5-4-6-13(14)15/h4-7,16H,2-3,8-12H2,1H3/p+1. The Labute approximate surface area is 114 Å². The average Bonchev–Trinajstić information content (AvgIpc) is 2.39. The van der Waals surface area contributed by atoms with Gasteiger partial charge in [0, 0.05) is 0 Å². The lowest BCUT2D eigenvalue weighted by atomic mass is 10.3. The van der Waals surface area contributed by atoms with E-state index in [2.05, 4.69) is 12.2 Å². The molecule has 0 aliphatic rings. The molecular weight excluding hydrogens is 250 g/mol. The molecule has 0 radical (unpaired) electrons. The van der Waals surface area contributed by atoms with Gasteiger partial charge in [-0.3, -0.25) is 0 Å². The van der Waals surface area contributed by atoms with Crippen LogP contribution in [-0.4, -0.2) is 32.9 Å². The average molecular weight is 273 g/mol. The van der Waals surface area contributed by atoms with Crippen molar-refractivity contribution in [2.75, 3.05) is 32.9 Å². The number of unbranched alkanes of at least 4 members (excludes halogenated alkanes) is 1. The van der Waals surface area contributed by atoms with Crippen LogP contribution in [0.2, 0.25) is 5.02 Å². The predicted octanol–water partition coefficient (Wildman–Crippen LogP) is 2.10. The summed E-state index contributed by atoms with van der Waals surface area (Å²) >= 11 is 5.96. The molecule has 1 aromatic rings. The van der Waals surface area contributed by atoms with E-state index < -0.39 is 0 Å². The normalized spacial score (nSPS) is 10.6. The van der Waals surface area contributed by atoms with Crippen molar-refractivity contribution in [1.29, 1.82) is 0 Å². The highest BCUT2D eigenvalue weighted by atomic mass is 35.5. The van der Waals surface area contributed by atoms with Crippen LogP contribution < -0.4 is 10.1 Å². The molecule has 0 unspecified atom stereocenters. The summed E-state index contributed by atoms with van der Waals surface area (Å²) in [4.78, 5) is 0. The topological polar surface area (TPSA) is 35.1 Å². The minimum atomic E-state index is 0.540. The summed E-state index contributed by atoms with van der Waals surface area (Å²) in [6.07, 6.45) is 2.53. The number of hydrogen-bond acceptors (Lipinski definition) is 2. The van der Waals surface area contributed by atoms with E-state index in [4.69, 9.17) is 21.1 Å². The third-order valence-electron chi connectivity index (χ3n) is 2.55. The van der Waals surface area contributed by atoms with E-state index in [1.54, 1.807) is 0 Å². The molecule has 0 aliphatic carbocycles. The van der Waals surface area contributed by atoms with Crippen molar-refractivity contribution in [3.63, 3.8) is 0 Å². The number of ether oxygens (including phenoxy) is 2. The monoisotopic (exact) mass is 272 g/mol. The number of benzene rings is 1. The third-order valence-corrected chi connectivity index (χ3v) is 2.86. The van der Waals surface area contributed by atoms with Gasteiger partial charge in [-0.2, -0.15) is 0 Å². The highest BCUT2D eigenvalue weighted by molar-refractivity contribution is 6.32. The highest BCUT2D eigenvalue weighted by Crippen LogP contribution is 2.22. The van der Waals surface area contributed by atoms with Crippen molar-refractivity contribution in [3.8, 4) is 5.75 Å². The van der Waals surface area contributed by atoms with Gasteiger partial charge in [0.15, 0.2) is 0 Å². The molecule has 102 valence electrons. The Morgan fingerprint density at radius 3 is 2.72 bits per heavy atom. The van der Waals surface area contributed by atoms with E-state index in [9.17, 15) is 0 Å². The lowest BCUT2D eigenvalue weighted by Gasteiger charge is -2.08. The fraction of sp³-hybridized carbons (Fsp3) is 0.571. The second-order valence-corrected chi connectivity index (χ2v) is 4.52. The van der Waals surface area contributed by atoms with Gasteiger partial charge in [0.05, 0.1) is 31.3 Å². The van der Waals surface area contributed by atoms with Gasteiger partial charge >= 0.3 is 0 Å². The molecule has 0 atom stereocenters. The molecule has 0 saturated heterocycles. The van der Waals surface area contributed by atoms with Crippen molar-refractivity contribution in [2.45, 2.75) is 19.8 Å². The smallest absolute Gasteiger partial charge is 0.138 e. The maximum Gasteiger partial charge on any atom is 0.138 e. The molecule has 4 heteroatoms. The first-order chi connectivity index (χ1) is 8.84. The maximum absolute atomic E-state index is 5.96. The Morgan fingerprint density at radius 1 is 1.11 bits per heavy atom. The predicted molar refractivity (Wildman–Crippen MR) is 74.3 cm³/mol. The molecule has 0 heterocycles. The number of quaternary nitrogens is 1. The number of hydrogen-bond donors (Lipinski definition) is 1. The fourth-order valence-electron chi connectivity index (χ4n) is 1.53. The first-order valence-electron chi connectivity index (χ1n) is 6.61. The molecule has 1 rings (SSSR count). The lowest BCUT2D eigenvalue weighted by Crippen LogP contribution is -2.85. The summed E-state index contributed by atoms with van der Waals surface area (Å²) in [7, 11) is 0. The van der Waals surface area contributed by atoms with Crippen molar-refractivity contribution in [3.05, 3.63) is 29.3 Å². The zero-order chi connectivity index (χ0) is 13.1. The second kappa shape index (κ2) is 10.2. The second-order valence-electron chi connectivity index (χ2n) is 4.11. The van der Waals surface area contributed by atoms with Crippen LogP contribution in [-0.2, 0) is 4.74 Å². The van der Waals surface area contributed by atoms with Gasteiger partial charge in [-0.15, -0.1) is 0 Å². The van der Waals surface area contributed by atoms with E-state index in [1.807, 2.05) is 24.3 Å². The Bertz CT molecular complexity index is 320. The van der Waals surface area contributed by atoms with Gasteiger partial charge in [0.1, 0.15) is 12.4 Å². The van der Waals surface area contributed by atoms with Crippen molar-refractivity contribution < 1.29 is 14.8 Å². The molecule has 0 spiro atoms. The number of halogens is 1. The fourth-order valence-corrected chi connectivity index (χ4v) is 1.72. The van der Waals surface area contributed by atoms with Crippen LogP contribution in [0.15, 0.2) is 24.3 Å². The van der Waals surface area contributed by atoms with Gasteiger partial charge in [0.25, 0.3) is 0 Å².